The fourth-order valence-corrected chi connectivity index (χ4v) is 5.30. The second kappa shape index (κ2) is 12.4. The zero-order valence-corrected chi connectivity index (χ0v) is 22.0. The van der Waals surface area contributed by atoms with Crippen molar-refractivity contribution >= 4 is 29.0 Å². The van der Waals surface area contributed by atoms with E-state index in [0.29, 0.717) is 19.5 Å². The van der Waals surface area contributed by atoms with E-state index in [1.54, 1.807) is 12.0 Å². The number of aromatic nitrogens is 1. The molecule has 1 aromatic heterocycles. The number of H-pyrrole nitrogens is 1. The van der Waals surface area contributed by atoms with Crippen LogP contribution in [0.5, 0.6) is 0 Å². The van der Waals surface area contributed by atoms with Crippen molar-refractivity contribution in [2.24, 2.45) is 5.92 Å². The highest BCUT2D eigenvalue weighted by Crippen LogP contribution is 2.31. The van der Waals surface area contributed by atoms with Crippen LogP contribution in [-0.4, -0.2) is 57.6 Å². The fraction of sp³-hybridized carbons (Fsp3) is 0.281. The first-order chi connectivity index (χ1) is 19.0. The van der Waals surface area contributed by atoms with Gasteiger partial charge in [-0.2, -0.15) is 5.06 Å². The summed E-state index contributed by atoms with van der Waals surface area (Å²) in [5, 5.41) is 26.3. The second-order valence-electron chi connectivity index (χ2n) is 10.1. The molecule has 1 aliphatic rings. The molecule has 1 aliphatic heterocycles. The molecule has 39 heavy (non-hydrogen) atoms. The van der Waals surface area contributed by atoms with Gasteiger partial charge in [-0.05, 0) is 41.7 Å². The van der Waals surface area contributed by atoms with Crippen LogP contribution in [0.1, 0.15) is 29.2 Å². The van der Waals surface area contributed by atoms with Crippen LogP contribution in [0.2, 0.25) is 0 Å². The van der Waals surface area contributed by atoms with Gasteiger partial charge in [0, 0.05) is 29.6 Å². The molecule has 0 bridgehead atoms. The normalized spacial score (nSPS) is 20.5. The van der Waals surface area contributed by atoms with Gasteiger partial charge in [-0.15, -0.1) is 0 Å². The van der Waals surface area contributed by atoms with Crippen molar-refractivity contribution in [1.29, 1.82) is 0 Å². The zero-order chi connectivity index (χ0) is 27.2. The molecule has 1 amide bonds. The molecule has 0 spiro atoms. The number of carbonyl (C=O) groups excluding carboxylic acids is 1. The third kappa shape index (κ3) is 6.29. The Morgan fingerprint density at radius 3 is 2.59 bits per heavy atom. The number of hydrogen-bond donors (Lipinski definition) is 4. The number of amides is 1. The molecule has 5 rings (SSSR count). The van der Waals surface area contributed by atoms with Crippen molar-refractivity contribution in [1.82, 2.24) is 15.4 Å². The maximum absolute atomic E-state index is 13.5. The number of benzene rings is 3. The van der Waals surface area contributed by atoms with E-state index in [2.05, 4.69) is 28.5 Å². The van der Waals surface area contributed by atoms with Crippen LogP contribution in [0, 0.1) is 5.92 Å². The number of fused-ring (bicyclic) bond motifs is 1. The van der Waals surface area contributed by atoms with Gasteiger partial charge >= 0.3 is 0 Å². The first-order valence-corrected chi connectivity index (χ1v) is 13.4. The largest absolute Gasteiger partial charge is 0.396 e. The topological polar surface area (TPSA) is 97.8 Å². The van der Waals surface area contributed by atoms with Gasteiger partial charge < -0.3 is 20.5 Å². The third-order valence-corrected chi connectivity index (χ3v) is 7.28. The molecule has 4 N–H and O–H groups in total. The lowest BCUT2D eigenvalue weighted by Gasteiger charge is -2.24. The molecule has 7 heteroatoms. The maximum atomic E-state index is 13.5. The Bertz CT molecular complexity index is 1420. The molecule has 0 unspecified atom stereocenters. The molecule has 1 fully saturated rings. The number of para-hydroxylation sites is 1. The van der Waals surface area contributed by atoms with Gasteiger partial charge in [-0.25, -0.2) is 0 Å². The van der Waals surface area contributed by atoms with E-state index < -0.39 is 24.2 Å². The van der Waals surface area contributed by atoms with Gasteiger partial charge in [-0.1, -0.05) is 84.9 Å². The van der Waals surface area contributed by atoms with Gasteiger partial charge in [0.25, 0.3) is 0 Å². The molecule has 4 aromatic rings. The van der Waals surface area contributed by atoms with Gasteiger partial charge in [0.15, 0.2) is 0 Å². The third-order valence-electron chi connectivity index (χ3n) is 7.28. The summed E-state index contributed by atoms with van der Waals surface area (Å²) in [6.45, 7) is 2.14. The molecule has 0 aliphatic carbocycles. The minimum atomic E-state index is -0.839. The number of aliphatic hydroxyl groups excluding tert-OH is 2. The smallest absolute Gasteiger partial charge is 0.240 e. The minimum absolute atomic E-state index is 0.225. The minimum Gasteiger partial charge on any atom is -0.396 e. The van der Waals surface area contributed by atoms with Crippen molar-refractivity contribution < 1.29 is 19.8 Å². The van der Waals surface area contributed by atoms with Crippen LogP contribution in [-0.2, 0) is 22.6 Å². The van der Waals surface area contributed by atoms with Gasteiger partial charge in [0.05, 0.1) is 19.3 Å². The van der Waals surface area contributed by atoms with Crippen molar-refractivity contribution in [2.75, 3.05) is 13.2 Å². The highest BCUT2D eigenvalue weighted by Gasteiger charge is 2.48. The Hall–Kier alpha value is -3.75. The molecule has 202 valence electrons. The van der Waals surface area contributed by atoms with E-state index in [1.165, 1.54) is 0 Å². The number of rotatable bonds is 10. The number of aromatic amines is 1. The number of aliphatic hydroxyl groups is 2. The summed E-state index contributed by atoms with van der Waals surface area (Å²) in [7, 11) is 0. The Morgan fingerprint density at radius 1 is 1.05 bits per heavy atom. The predicted molar refractivity (Wildman–Crippen MR) is 153 cm³/mol. The van der Waals surface area contributed by atoms with Gasteiger partial charge in [0.2, 0.25) is 5.91 Å². The van der Waals surface area contributed by atoms with Crippen LogP contribution in [0.15, 0.2) is 85.1 Å². The molecular weight excluding hydrogens is 490 g/mol. The molecule has 7 nitrogen and oxygen atoms in total. The molecule has 4 atom stereocenters. The lowest BCUT2D eigenvalue weighted by molar-refractivity contribution is -0.192. The Kier molecular flexibility index (Phi) is 8.54. The van der Waals surface area contributed by atoms with Crippen molar-refractivity contribution in [2.45, 2.75) is 38.1 Å². The lowest BCUT2D eigenvalue weighted by atomic mass is 9.92. The van der Waals surface area contributed by atoms with E-state index in [-0.39, 0.29) is 12.5 Å². The van der Waals surface area contributed by atoms with Crippen LogP contribution >= 0.6 is 0 Å². The Morgan fingerprint density at radius 2 is 1.79 bits per heavy atom. The van der Waals surface area contributed by atoms with Gasteiger partial charge in [0.1, 0.15) is 12.1 Å². The molecule has 0 saturated carbocycles. The lowest BCUT2D eigenvalue weighted by Crippen LogP contribution is -2.48. The summed E-state index contributed by atoms with van der Waals surface area (Å²) in [6, 6.07) is 25.5. The number of hydroxylamine groups is 2. The van der Waals surface area contributed by atoms with E-state index >= 15 is 0 Å². The Labute approximate surface area is 228 Å². The van der Waals surface area contributed by atoms with Crippen LogP contribution in [0.4, 0.5) is 0 Å². The Balaban J connectivity index is 1.29. The van der Waals surface area contributed by atoms with E-state index in [4.69, 9.17) is 4.84 Å². The number of carbonyl (C=O) groups is 1. The van der Waals surface area contributed by atoms with Crippen LogP contribution in [0.25, 0.3) is 23.1 Å². The molecule has 0 radical (unpaired) electrons. The first-order valence-electron chi connectivity index (χ1n) is 13.4. The van der Waals surface area contributed by atoms with E-state index in [1.807, 2.05) is 79.0 Å². The average Bonchev–Trinajstić information content (AvgIpc) is 3.54. The molecule has 1 saturated heterocycles. The van der Waals surface area contributed by atoms with E-state index in [9.17, 15) is 15.0 Å². The van der Waals surface area contributed by atoms with Crippen LogP contribution in [0.3, 0.4) is 0 Å². The summed E-state index contributed by atoms with van der Waals surface area (Å²) < 4.78 is 0. The fourth-order valence-electron chi connectivity index (χ4n) is 5.30. The van der Waals surface area contributed by atoms with Crippen molar-refractivity contribution in [3.05, 3.63) is 107 Å². The molecular formula is C32H35N3O4. The number of nitrogens with zero attached hydrogens (tertiary/aromatic N) is 1. The summed E-state index contributed by atoms with van der Waals surface area (Å²) in [5.74, 6) is -0.781. The zero-order valence-electron chi connectivity index (χ0n) is 22.0. The predicted octanol–water partition coefficient (Wildman–Crippen LogP) is 4.17. The summed E-state index contributed by atoms with van der Waals surface area (Å²) in [5.41, 5.74) is 5.30. The number of hydrogen-bond acceptors (Lipinski definition) is 5. The first kappa shape index (κ1) is 26.8. The molecule has 3 aromatic carbocycles. The van der Waals surface area contributed by atoms with Crippen LogP contribution < -0.4 is 5.32 Å². The second-order valence-corrected chi connectivity index (χ2v) is 10.1. The van der Waals surface area contributed by atoms with Crippen molar-refractivity contribution in [3.8, 4) is 0 Å². The summed E-state index contributed by atoms with van der Waals surface area (Å²) in [4.78, 5) is 22.8. The van der Waals surface area contributed by atoms with Crippen molar-refractivity contribution in [3.63, 3.8) is 0 Å². The van der Waals surface area contributed by atoms with E-state index in [0.717, 1.165) is 33.2 Å². The monoisotopic (exact) mass is 525 g/mol. The molecule has 2 heterocycles. The number of nitrogens with one attached hydrogen (secondary N) is 2. The SMILES string of the molecule is C[C@H](O)[C@@H]1ON(Cc2cccc(C=Cc3ccccc3)c2)[C@H](C(=O)NCCc2c[nH]c3ccccc23)[C@@H]1CO. The van der Waals surface area contributed by atoms with Gasteiger partial charge in [-0.3, -0.25) is 9.63 Å². The highest BCUT2D eigenvalue weighted by atomic mass is 16.7. The maximum Gasteiger partial charge on any atom is 0.240 e. The quantitative estimate of drug-likeness (QED) is 0.233. The standard InChI is InChI=1S/C32H35N3O4/c1-22(37)31-28(21-36)30(32(38)33-17-16-26-19-34-29-13-6-5-12-27(26)29)35(39-31)20-25-11-7-10-24(18-25)15-14-23-8-3-2-4-9-23/h2-15,18-19,22,28,30-31,34,36-37H,16-17,20-21H2,1H3,(H,33,38)/t22-,28-,30-,31-/m0/s1. The summed E-state index contributed by atoms with van der Waals surface area (Å²) in [6.07, 6.45) is 5.23. The average molecular weight is 526 g/mol. The highest BCUT2D eigenvalue weighted by molar-refractivity contribution is 5.84. The summed E-state index contributed by atoms with van der Waals surface area (Å²) >= 11 is 0.